The van der Waals surface area contributed by atoms with Gasteiger partial charge in [-0.15, -0.1) is 0 Å². The van der Waals surface area contributed by atoms with Crippen LogP contribution in [0.25, 0.3) is 11.1 Å². The second-order valence-corrected chi connectivity index (χ2v) is 4.65. The topological polar surface area (TPSA) is 48.1 Å². The van der Waals surface area contributed by atoms with E-state index in [1.54, 1.807) is 13.3 Å². The lowest BCUT2D eigenvalue weighted by atomic mass is 10.0. The number of fused-ring (bicyclic) bond motifs is 1. The Balaban J connectivity index is 2.02. The second kappa shape index (κ2) is 4.42. The molecule has 1 heterocycles. The summed E-state index contributed by atoms with van der Waals surface area (Å²) in [6.45, 7) is 0. The van der Waals surface area contributed by atoms with Crippen molar-refractivity contribution in [2.24, 2.45) is 5.73 Å². The van der Waals surface area contributed by atoms with Crippen LogP contribution in [0.4, 0.5) is 0 Å². The summed E-state index contributed by atoms with van der Waals surface area (Å²) in [6.07, 6.45) is 3.90. The first-order valence-electron chi connectivity index (χ1n) is 6.17. The summed E-state index contributed by atoms with van der Waals surface area (Å²) in [4.78, 5) is 4.13. The SMILES string of the molecule is COc1cc(-c2ccc3c(c2)CCC3N)ccn1. The molecule has 0 saturated heterocycles. The molecule has 0 spiro atoms. The van der Waals surface area contributed by atoms with Crippen molar-refractivity contribution in [3.05, 3.63) is 47.7 Å². The molecular formula is C15H16N2O. The quantitative estimate of drug-likeness (QED) is 0.878. The van der Waals surface area contributed by atoms with E-state index in [2.05, 4.69) is 23.2 Å². The molecule has 1 atom stereocenters. The van der Waals surface area contributed by atoms with Gasteiger partial charge in [0.1, 0.15) is 0 Å². The van der Waals surface area contributed by atoms with E-state index in [-0.39, 0.29) is 6.04 Å². The number of hydrogen-bond donors (Lipinski definition) is 1. The number of rotatable bonds is 2. The number of hydrogen-bond acceptors (Lipinski definition) is 3. The molecule has 1 aromatic carbocycles. The Kier molecular flexibility index (Phi) is 2.76. The molecule has 0 radical (unpaired) electrons. The summed E-state index contributed by atoms with van der Waals surface area (Å²) >= 11 is 0. The zero-order valence-corrected chi connectivity index (χ0v) is 10.4. The first-order chi connectivity index (χ1) is 8.78. The third-order valence-corrected chi connectivity index (χ3v) is 3.54. The Bertz CT molecular complexity index is 580. The molecule has 18 heavy (non-hydrogen) atoms. The fraction of sp³-hybridized carbons (Fsp3) is 0.267. The molecular weight excluding hydrogens is 224 g/mol. The van der Waals surface area contributed by atoms with Crippen molar-refractivity contribution < 1.29 is 4.74 Å². The standard InChI is InChI=1S/C15H16N2O/c1-18-15-9-11(6-7-17-15)10-2-4-13-12(8-10)3-5-14(13)16/h2,4,6-9,14H,3,5,16H2,1H3. The molecule has 3 heteroatoms. The summed E-state index contributed by atoms with van der Waals surface area (Å²) in [5.74, 6) is 0.643. The molecule has 92 valence electrons. The third kappa shape index (κ3) is 1.87. The molecule has 0 aliphatic heterocycles. The van der Waals surface area contributed by atoms with Crippen LogP contribution in [-0.2, 0) is 6.42 Å². The highest BCUT2D eigenvalue weighted by atomic mass is 16.5. The average Bonchev–Trinajstić information content (AvgIpc) is 2.80. The Morgan fingerprint density at radius 2 is 2.06 bits per heavy atom. The van der Waals surface area contributed by atoms with Crippen molar-refractivity contribution in [2.75, 3.05) is 7.11 Å². The molecule has 0 fully saturated rings. The van der Waals surface area contributed by atoms with Crippen molar-refractivity contribution in [1.29, 1.82) is 0 Å². The van der Waals surface area contributed by atoms with Crippen LogP contribution in [-0.4, -0.2) is 12.1 Å². The maximum Gasteiger partial charge on any atom is 0.213 e. The summed E-state index contributed by atoms with van der Waals surface area (Å²) in [5.41, 5.74) is 11.0. The molecule has 1 unspecified atom stereocenters. The van der Waals surface area contributed by atoms with Crippen LogP contribution in [0.5, 0.6) is 5.88 Å². The fourth-order valence-corrected chi connectivity index (χ4v) is 2.53. The van der Waals surface area contributed by atoms with E-state index < -0.39 is 0 Å². The van der Waals surface area contributed by atoms with E-state index in [1.807, 2.05) is 12.1 Å². The average molecular weight is 240 g/mol. The predicted molar refractivity (Wildman–Crippen MR) is 71.5 cm³/mol. The zero-order chi connectivity index (χ0) is 12.5. The van der Waals surface area contributed by atoms with Gasteiger partial charge >= 0.3 is 0 Å². The zero-order valence-electron chi connectivity index (χ0n) is 10.4. The van der Waals surface area contributed by atoms with Crippen molar-refractivity contribution in [2.45, 2.75) is 18.9 Å². The monoisotopic (exact) mass is 240 g/mol. The fourth-order valence-electron chi connectivity index (χ4n) is 2.53. The van der Waals surface area contributed by atoms with Gasteiger partial charge in [0, 0.05) is 18.3 Å². The number of nitrogens with zero attached hydrogens (tertiary/aromatic N) is 1. The maximum atomic E-state index is 6.05. The number of methoxy groups -OCH3 is 1. The van der Waals surface area contributed by atoms with Gasteiger partial charge in [0.25, 0.3) is 0 Å². The van der Waals surface area contributed by atoms with Gasteiger partial charge in [0.15, 0.2) is 0 Å². The smallest absolute Gasteiger partial charge is 0.213 e. The van der Waals surface area contributed by atoms with E-state index in [1.165, 1.54) is 16.7 Å². The van der Waals surface area contributed by atoms with Crippen LogP contribution in [0.2, 0.25) is 0 Å². The molecule has 1 aliphatic rings. The minimum absolute atomic E-state index is 0.209. The Morgan fingerprint density at radius 1 is 1.22 bits per heavy atom. The molecule has 1 aromatic heterocycles. The lowest BCUT2D eigenvalue weighted by molar-refractivity contribution is 0.398. The highest BCUT2D eigenvalue weighted by Gasteiger charge is 2.19. The first kappa shape index (κ1) is 11.2. The number of nitrogens with two attached hydrogens (primary N) is 1. The van der Waals surface area contributed by atoms with Crippen molar-refractivity contribution >= 4 is 0 Å². The lowest BCUT2D eigenvalue weighted by Gasteiger charge is -2.08. The molecule has 2 aromatic rings. The predicted octanol–water partition coefficient (Wildman–Crippen LogP) is 2.70. The van der Waals surface area contributed by atoms with Gasteiger partial charge in [-0.25, -0.2) is 4.98 Å². The van der Waals surface area contributed by atoms with Crippen molar-refractivity contribution in [3.8, 4) is 17.0 Å². The van der Waals surface area contributed by atoms with Crippen LogP contribution >= 0.6 is 0 Å². The summed E-state index contributed by atoms with van der Waals surface area (Å²) in [5, 5.41) is 0. The highest BCUT2D eigenvalue weighted by molar-refractivity contribution is 5.66. The van der Waals surface area contributed by atoms with Crippen LogP contribution in [0.3, 0.4) is 0 Å². The molecule has 1 aliphatic carbocycles. The van der Waals surface area contributed by atoms with Crippen molar-refractivity contribution in [1.82, 2.24) is 4.98 Å². The molecule has 2 N–H and O–H groups in total. The van der Waals surface area contributed by atoms with E-state index in [0.29, 0.717) is 5.88 Å². The van der Waals surface area contributed by atoms with E-state index >= 15 is 0 Å². The number of benzene rings is 1. The van der Waals surface area contributed by atoms with Gasteiger partial charge in [-0.1, -0.05) is 18.2 Å². The van der Waals surface area contributed by atoms with Crippen LogP contribution in [0, 0.1) is 0 Å². The lowest BCUT2D eigenvalue weighted by Crippen LogP contribution is -2.04. The number of aromatic nitrogens is 1. The minimum atomic E-state index is 0.209. The van der Waals surface area contributed by atoms with Gasteiger partial charge in [0.2, 0.25) is 5.88 Å². The normalized spacial score (nSPS) is 17.6. The molecule has 3 rings (SSSR count). The number of ether oxygens (including phenoxy) is 1. The first-order valence-corrected chi connectivity index (χ1v) is 6.17. The molecule has 0 saturated carbocycles. The van der Waals surface area contributed by atoms with E-state index in [0.717, 1.165) is 18.4 Å². The van der Waals surface area contributed by atoms with E-state index in [4.69, 9.17) is 10.5 Å². The number of pyridine rings is 1. The minimum Gasteiger partial charge on any atom is -0.481 e. The summed E-state index contributed by atoms with van der Waals surface area (Å²) in [7, 11) is 1.63. The maximum absolute atomic E-state index is 6.05. The molecule has 0 bridgehead atoms. The van der Waals surface area contributed by atoms with Gasteiger partial charge in [0.05, 0.1) is 7.11 Å². The van der Waals surface area contributed by atoms with Gasteiger partial charge in [-0.2, -0.15) is 0 Å². The Morgan fingerprint density at radius 3 is 2.89 bits per heavy atom. The van der Waals surface area contributed by atoms with Gasteiger partial charge in [-0.05, 0) is 41.2 Å². The van der Waals surface area contributed by atoms with Gasteiger partial charge < -0.3 is 10.5 Å². The summed E-state index contributed by atoms with van der Waals surface area (Å²) in [6, 6.07) is 10.7. The molecule has 0 amide bonds. The Hall–Kier alpha value is -1.87. The third-order valence-electron chi connectivity index (χ3n) is 3.54. The van der Waals surface area contributed by atoms with Gasteiger partial charge in [-0.3, -0.25) is 0 Å². The van der Waals surface area contributed by atoms with E-state index in [9.17, 15) is 0 Å². The van der Waals surface area contributed by atoms with Crippen LogP contribution < -0.4 is 10.5 Å². The Labute approximate surface area is 107 Å². The largest absolute Gasteiger partial charge is 0.481 e. The second-order valence-electron chi connectivity index (χ2n) is 4.65. The van der Waals surface area contributed by atoms with Crippen LogP contribution in [0.1, 0.15) is 23.6 Å². The summed E-state index contributed by atoms with van der Waals surface area (Å²) < 4.78 is 5.15. The highest BCUT2D eigenvalue weighted by Crippen LogP contribution is 2.33. The van der Waals surface area contributed by atoms with Crippen LogP contribution in [0.15, 0.2) is 36.5 Å². The molecule has 3 nitrogen and oxygen atoms in total. The van der Waals surface area contributed by atoms with Crippen molar-refractivity contribution in [3.63, 3.8) is 0 Å². The number of aryl methyl sites for hydroxylation is 1.